The molecule has 0 spiro atoms. The van der Waals surface area contributed by atoms with Crippen molar-refractivity contribution in [2.45, 2.75) is 20.0 Å². The molecule has 1 atom stereocenters. The average molecular weight is 299 g/mol. The standard InChI is InChI=1S/C16H17N3O3/c1-11-5-7-14(8-6-11)21-12(2)16(20)22-19-15(17)13-4-3-9-18-10-13/h3-10,12H,1-2H3,(H2,17,19). The first-order chi connectivity index (χ1) is 10.6. The minimum Gasteiger partial charge on any atom is -0.479 e. The first-order valence-corrected chi connectivity index (χ1v) is 6.74. The number of hydrogen-bond donors (Lipinski definition) is 1. The van der Waals surface area contributed by atoms with Gasteiger partial charge in [-0.05, 0) is 38.1 Å². The van der Waals surface area contributed by atoms with Crippen LogP contribution in [0.5, 0.6) is 5.75 Å². The van der Waals surface area contributed by atoms with Crippen LogP contribution in [0.4, 0.5) is 0 Å². The Kier molecular flexibility index (Phi) is 5.08. The molecule has 6 heteroatoms. The summed E-state index contributed by atoms with van der Waals surface area (Å²) in [5, 5.41) is 3.60. The van der Waals surface area contributed by atoms with Crippen molar-refractivity contribution in [3.8, 4) is 5.75 Å². The number of nitrogens with zero attached hydrogens (tertiary/aromatic N) is 2. The molecular weight excluding hydrogens is 282 g/mol. The molecule has 22 heavy (non-hydrogen) atoms. The zero-order valence-corrected chi connectivity index (χ0v) is 12.4. The molecule has 0 aliphatic carbocycles. The molecule has 1 aromatic carbocycles. The molecule has 0 bridgehead atoms. The van der Waals surface area contributed by atoms with Gasteiger partial charge in [0, 0.05) is 18.0 Å². The maximum atomic E-state index is 11.8. The third-order valence-corrected chi connectivity index (χ3v) is 2.86. The van der Waals surface area contributed by atoms with Gasteiger partial charge in [0.05, 0.1) is 0 Å². The van der Waals surface area contributed by atoms with Crippen LogP contribution in [-0.4, -0.2) is 22.9 Å². The van der Waals surface area contributed by atoms with Crippen molar-refractivity contribution >= 4 is 11.8 Å². The van der Waals surface area contributed by atoms with E-state index < -0.39 is 12.1 Å². The molecule has 0 saturated heterocycles. The summed E-state index contributed by atoms with van der Waals surface area (Å²) >= 11 is 0. The van der Waals surface area contributed by atoms with Gasteiger partial charge < -0.3 is 15.3 Å². The monoisotopic (exact) mass is 299 g/mol. The molecule has 0 amide bonds. The van der Waals surface area contributed by atoms with E-state index in [1.807, 2.05) is 19.1 Å². The summed E-state index contributed by atoms with van der Waals surface area (Å²) in [4.78, 5) is 20.5. The van der Waals surface area contributed by atoms with Crippen LogP contribution < -0.4 is 10.5 Å². The van der Waals surface area contributed by atoms with Gasteiger partial charge in [-0.2, -0.15) is 0 Å². The number of amidine groups is 1. The van der Waals surface area contributed by atoms with Crippen molar-refractivity contribution in [1.82, 2.24) is 4.98 Å². The lowest BCUT2D eigenvalue weighted by Crippen LogP contribution is -2.26. The highest BCUT2D eigenvalue weighted by Gasteiger charge is 2.17. The largest absolute Gasteiger partial charge is 0.479 e. The van der Waals surface area contributed by atoms with Crippen molar-refractivity contribution in [2.24, 2.45) is 10.9 Å². The average Bonchev–Trinajstić information content (AvgIpc) is 2.55. The normalized spacial score (nSPS) is 12.5. The van der Waals surface area contributed by atoms with Gasteiger partial charge in [0.1, 0.15) is 5.75 Å². The lowest BCUT2D eigenvalue weighted by molar-refractivity contribution is -0.151. The molecule has 0 fully saturated rings. The predicted octanol–water partition coefficient (Wildman–Crippen LogP) is 2.02. The van der Waals surface area contributed by atoms with Crippen LogP contribution in [0.3, 0.4) is 0 Å². The fraction of sp³-hybridized carbons (Fsp3) is 0.188. The SMILES string of the molecule is Cc1ccc(OC(C)C(=O)O/N=C(\N)c2cccnc2)cc1. The predicted molar refractivity (Wildman–Crippen MR) is 82.3 cm³/mol. The summed E-state index contributed by atoms with van der Waals surface area (Å²) in [6.07, 6.45) is 2.34. The van der Waals surface area contributed by atoms with E-state index in [4.69, 9.17) is 15.3 Å². The molecule has 0 aliphatic rings. The van der Waals surface area contributed by atoms with Crippen molar-refractivity contribution in [3.05, 3.63) is 59.9 Å². The fourth-order valence-electron chi connectivity index (χ4n) is 1.60. The number of hydrogen-bond acceptors (Lipinski definition) is 5. The van der Waals surface area contributed by atoms with Gasteiger partial charge in [-0.1, -0.05) is 22.9 Å². The topological polar surface area (TPSA) is 86.8 Å². The zero-order chi connectivity index (χ0) is 15.9. The summed E-state index contributed by atoms with van der Waals surface area (Å²) < 4.78 is 5.47. The maximum Gasteiger partial charge on any atom is 0.374 e. The number of aromatic nitrogens is 1. The van der Waals surface area contributed by atoms with Crippen molar-refractivity contribution < 1.29 is 14.4 Å². The van der Waals surface area contributed by atoms with E-state index in [1.54, 1.807) is 37.4 Å². The highest BCUT2D eigenvalue weighted by Crippen LogP contribution is 2.13. The molecule has 2 rings (SSSR count). The van der Waals surface area contributed by atoms with Crippen LogP contribution in [0, 0.1) is 6.92 Å². The van der Waals surface area contributed by atoms with Crippen LogP contribution in [0.1, 0.15) is 18.1 Å². The summed E-state index contributed by atoms with van der Waals surface area (Å²) in [5.41, 5.74) is 7.38. The van der Waals surface area contributed by atoms with Gasteiger partial charge in [-0.25, -0.2) is 4.79 Å². The first kappa shape index (κ1) is 15.5. The summed E-state index contributed by atoms with van der Waals surface area (Å²) in [7, 11) is 0. The van der Waals surface area contributed by atoms with Crippen molar-refractivity contribution in [2.75, 3.05) is 0 Å². The third kappa shape index (κ3) is 4.31. The van der Waals surface area contributed by atoms with Gasteiger partial charge in [-0.15, -0.1) is 0 Å². The Morgan fingerprint density at radius 1 is 1.27 bits per heavy atom. The molecule has 1 heterocycles. The van der Waals surface area contributed by atoms with Crippen LogP contribution in [0.25, 0.3) is 0 Å². The summed E-state index contributed by atoms with van der Waals surface area (Å²) in [6, 6.07) is 10.8. The number of nitrogens with two attached hydrogens (primary N) is 1. The smallest absolute Gasteiger partial charge is 0.374 e. The van der Waals surface area contributed by atoms with Crippen molar-refractivity contribution in [1.29, 1.82) is 0 Å². The molecular formula is C16H17N3O3. The molecule has 2 N–H and O–H groups in total. The highest BCUT2D eigenvalue weighted by atomic mass is 16.7. The Morgan fingerprint density at radius 2 is 2.00 bits per heavy atom. The van der Waals surface area contributed by atoms with Gasteiger partial charge >= 0.3 is 5.97 Å². The molecule has 1 aromatic heterocycles. The Labute approximate surface area is 128 Å². The number of oxime groups is 1. The summed E-state index contributed by atoms with van der Waals surface area (Å²) in [5.74, 6) is 0.0238. The number of pyridine rings is 1. The van der Waals surface area contributed by atoms with Gasteiger partial charge in [-0.3, -0.25) is 4.98 Å². The second kappa shape index (κ2) is 7.21. The van der Waals surface area contributed by atoms with Gasteiger partial charge in [0.25, 0.3) is 0 Å². The van der Waals surface area contributed by atoms with Crippen LogP contribution in [0.15, 0.2) is 53.9 Å². The first-order valence-electron chi connectivity index (χ1n) is 6.74. The molecule has 114 valence electrons. The van der Waals surface area contributed by atoms with E-state index in [-0.39, 0.29) is 5.84 Å². The minimum absolute atomic E-state index is 0.0731. The molecule has 2 aromatic rings. The van der Waals surface area contributed by atoms with Crippen LogP contribution in [0.2, 0.25) is 0 Å². The van der Waals surface area contributed by atoms with Crippen LogP contribution in [-0.2, 0) is 9.63 Å². The Bertz CT molecular complexity index is 654. The summed E-state index contributed by atoms with van der Waals surface area (Å²) in [6.45, 7) is 3.55. The number of benzene rings is 1. The highest BCUT2D eigenvalue weighted by molar-refractivity contribution is 5.97. The van der Waals surface area contributed by atoms with Gasteiger partial charge in [0.2, 0.25) is 0 Å². The Hall–Kier alpha value is -2.89. The minimum atomic E-state index is -0.798. The number of carbonyl (C=O) groups excluding carboxylic acids is 1. The lowest BCUT2D eigenvalue weighted by Gasteiger charge is -2.12. The second-order valence-electron chi connectivity index (χ2n) is 4.70. The fourth-order valence-corrected chi connectivity index (χ4v) is 1.60. The number of rotatable bonds is 5. The molecule has 0 aliphatic heterocycles. The molecule has 0 saturated carbocycles. The van der Waals surface area contributed by atoms with Crippen LogP contribution >= 0.6 is 0 Å². The number of aryl methyl sites for hydroxylation is 1. The quantitative estimate of drug-likeness (QED) is 0.395. The molecule has 0 radical (unpaired) electrons. The lowest BCUT2D eigenvalue weighted by atomic mass is 10.2. The number of carbonyl (C=O) groups is 1. The maximum absolute atomic E-state index is 11.8. The van der Waals surface area contributed by atoms with E-state index in [9.17, 15) is 4.79 Å². The molecule has 1 unspecified atom stereocenters. The third-order valence-electron chi connectivity index (χ3n) is 2.86. The van der Waals surface area contributed by atoms with E-state index >= 15 is 0 Å². The molecule has 6 nitrogen and oxygen atoms in total. The Morgan fingerprint density at radius 3 is 2.64 bits per heavy atom. The van der Waals surface area contributed by atoms with Crippen molar-refractivity contribution in [3.63, 3.8) is 0 Å². The Balaban J connectivity index is 1.92. The second-order valence-corrected chi connectivity index (χ2v) is 4.70. The zero-order valence-electron chi connectivity index (χ0n) is 12.4. The van der Waals surface area contributed by atoms with E-state index in [1.165, 1.54) is 6.20 Å². The van der Waals surface area contributed by atoms with Gasteiger partial charge in [0.15, 0.2) is 11.9 Å². The number of ether oxygens (including phenoxy) is 1. The van der Waals surface area contributed by atoms with E-state index in [0.717, 1.165) is 5.56 Å². The van der Waals surface area contributed by atoms with E-state index in [0.29, 0.717) is 11.3 Å². The van der Waals surface area contributed by atoms with E-state index in [2.05, 4.69) is 10.1 Å².